The molecule has 1 heterocycles. The van der Waals surface area contributed by atoms with E-state index in [1.54, 1.807) is 12.3 Å². The molecule has 0 spiro atoms. The van der Waals surface area contributed by atoms with Crippen LogP contribution in [0.4, 0.5) is 0 Å². The number of nitrogens with two attached hydrogens (primary N) is 1. The molecule has 0 amide bonds. The highest BCUT2D eigenvalue weighted by Crippen LogP contribution is 2.08. The number of hydrogen-bond acceptors (Lipinski definition) is 4. The van der Waals surface area contributed by atoms with E-state index in [1.807, 2.05) is 0 Å². The van der Waals surface area contributed by atoms with Crippen LogP contribution in [0, 0.1) is 5.92 Å². The molecular weight excluding hydrogens is 190 g/mol. The van der Waals surface area contributed by atoms with E-state index in [2.05, 4.69) is 23.8 Å². The van der Waals surface area contributed by atoms with Crippen molar-refractivity contribution < 1.29 is 4.74 Å². The Bertz CT molecular complexity index is 291. The van der Waals surface area contributed by atoms with E-state index in [-0.39, 0.29) is 0 Å². The third kappa shape index (κ3) is 4.25. The lowest BCUT2D eigenvalue weighted by Crippen LogP contribution is -2.11. The third-order valence-electron chi connectivity index (χ3n) is 2.18. The number of nitrogens with zero attached hydrogens (tertiary/aromatic N) is 2. The van der Waals surface area contributed by atoms with E-state index in [4.69, 9.17) is 10.5 Å². The summed E-state index contributed by atoms with van der Waals surface area (Å²) in [7, 11) is 0. The Morgan fingerprint density at radius 2 is 2.33 bits per heavy atom. The fourth-order valence-corrected chi connectivity index (χ4v) is 1.35. The van der Waals surface area contributed by atoms with E-state index in [9.17, 15) is 0 Å². The summed E-state index contributed by atoms with van der Waals surface area (Å²) in [5, 5.41) is 0. The smallest absolute Gasteiger partial charge is 0.316 e. The van der Waals surface area contributed by atoms with Crippen LogP contribution < -0.4 is 10.5 Å². The van der Waals surface area contributed by atoms with E-state index in [1.165, 1.54) is 6.42 Å². The summed E-state index contributed by atoms with van der Waals surface area (Å²) in [6.45, 7) is 5.42. The van der Waals surface area contributed by atoms with Gasteiger partial charge in [-0.25, -0.2) is 4.98 Å². The standard InChI is InChI=1S/C11H19N3O/c1-3-4-9(2)8-15-11-13-6-5-10(7-12)14-11/h5-6,9H,3-4,7-8,12H2,1-2H3. The van der Waals surface area contributed by atoms with E-state index in [0.29, 0.717) is 25.1 Å². The van der Waals surface area contributed by atoms with Crippen molar-refractivity contribution in [3.8, 4) is 6.01 Å². The van der Waals surface area contributed by atoms with Crippen LogP contribution in [-0.2, 0) is 6.54 Å². The molecule has 1 atom stereocenters. The van der Waals surface area contributed by atoms with Crippen molar-refractivity contribution in [2.24, 2.45) is 11.7 Å². The van der Waals surface area contributed by atoms with Gasteiger partial charge in [0.1, 0.15) is 0 Å². The van der Waals surface area contributed by atoms with Crippen LogP contribution in [-0.4, -0.2) is 16.6 Å². The zero-order chi connectivity index (χ0) is 11.1. The van der Waals surface area contributed by atoms with Crippen molar-refractivity contribution in [2.75, 3.05) is 6.61 Å². The van der Waals surface area contributed by atoms with Crippen LogP contribution in [0.1, 0.15) is 32.4 Å². The van der Waals surface area contributed by atoms with Crippen LogP contribution in [0.2, 0.25) is 0 Å². The zero-order valence-corrected chi connectivity index (χ0v) is 9.44. The Labute approximate surface area is 90.9 Å². The lowest BCUT2D eigenvalue weighted by atomic mass is 10.1. The van der Waals surface area contributed by atoms with Gasteiger partial charge in [0.2, 0.25) is 0 Å². The molecule has 1 aromatic rings. The van der Waals surface area contributed by atoms with Gasteiger partial charge in [-0.1, -0.05) is 20.3 Å². The van der Waals surface area contributed by atoms with Crippen molar-refractivity contribution in [1.82, 2.24) is 9.97 Å². The first-order valence-electron chi connectivity index (χ1n) is 5.41. The maximum absolute atomic E-state index is 5.49. The number of rotatable bonds is 6. The van der Waals surface area contributed by atoms with Gasteiger partial charge in [-0.15, -0.1) is 0 Å². The lowest BCUT2D eigenvalue weighted by Gasteiger charge is -2.10. The first-order chi connectivity index (χ1) is 7.26. The molecule has 1 aromatic heterocycles. The lowest BCUT2D eigenvalue weighted by molar-refractivity contribution is 0.233. The van der Waals surface area contributed by atoms with Crippen molar-refractivity contribution in [1.29, 1.82) is 0 Å². The van der Waals surface area contributed by atoms with E-state index >= 15 is 0 Å². The molecule has 0 bridgehead atoms. The monoisotopic (exact) mass is 209 g/mol. The predicted molar refractivity (Wildman–Crippen MR) is 59.5 cm³/mol. The summed E-state index contributed by atoms with van der Waals surface area (Å²) >= 11 is 0. The van der Waals surface area contributed by atoms with Crippen LogP contribution in [0.3, 0.4) is 0 Å². The number of ether oxygens (including phenoxy) is 1. The van der Waals surface area contributed by atoms with Crippen LogP contribution in [0.25, 0.3) is 0 Å². The highest BCUT2D eigenvalue weighted by Gasteiger charge is 2.04. The molecule has 4 heteroatoms. The van der Waals surface area contributed by atoms with Crippen LogP contribution >= 0.6 is 0 Å². The molecule has 15 heavy (non-hydrogen) atoms. The van der Waals surface area contributed by atoms with Gasteiger partial charge in [-0.3, -0.25) is 0 Å². The molecule has 0 aliphatic rings. The average Bonchev–Trinajstić information content (AvgIpc) is 2.27. The molecule has 4 nitrogen and oxygen atoms in total. The SMILES string of the molecule is CCCC(C)COc1nccc(CN)n1. The van der Waals surface area contributed by atoms with Gasteiger partial charge in [-0.05, 0) is 18.4 Å². The minimum Gasteiger partial charge on any atom is -0.463 e. The normalized spacial score (nSPS) is 12.5. The molecule has 0 aromatic carbocycles. The highest BCUT2D eigenvalue weighted by molar-refractivity contribution is 5.04. The quantitative estimate of drug-likeness (QED) is 0.775. The topological polar surface area (TPSA) is 61.0 Å². The van der Waals surface area contributed by atoms with Crippen molar-refractivity contribution in [2.45, 2.75) is 33.2 Å². The zero-order valence-electron chi connectivity index (χ0n) is 9.44. The Hall–Kier alpha value is -1.16. The molecule has 0 saturated heterocycles. The van der Waals surface area contributed by atoms with Gasteiger partial charge in [0.05, 0.1) is 12.3 Å². The summed E-state index contributed by atoms with van der Waals surface area (Å²) in [4.78, 5) is 8.20. The molecule has 0 saturated carbocycles. The molecular formula is C11H19N3O. The summed E-state index contributed by atoms with van der Waals surface area (Å²) < 4.78 is 5.49. The fraction of sp³-hybridized carbons (Fsp3) is 0.636. The summed E-state index contributed by atoms with van der Waals surface area (Å²) in [6, 6.07) is 2.23. The molecule has 1 unspecified atom stereocenters. The number of aromatic nitrogens is 2. The third-order valence-corrected chi connectivity index (χ3v) is 2.18. The predicted octanol–water partition coefficient (Wildman–Crippen LogP) is 1.75. The molecule has 0 radical (unpaired) electrons. The maximum Gasteiger partial charge on any atom is 0.316 e. The van der Waals surface area contributed by atoms with Gasteiger partial charge >= 0.3 is 6.01 Å². The summed E-state index contributed by atoms with van der Waals surface area (Å²) in [5.41, 5.74) is 6.28. The second-order valence-corrected chi connectivity index (χ2v) is 3.74. The second kappa shape index (κ2) is 6.35. The fourth-order valence-electron chi connectivity index (χ4n) is 1.35. The molecule has 2 N–H and O–H groups in total. The van der Waals surface area contributed by atoms with E-state index in [0.717, 1.165) is 12.1 Å². The van der Waals surface area contributed by atoms with Gasteiger partial charge in [0.15, 0.2) is 0 Å². The van der Waals surface area contributed by atoms with Gasteiger partial charge in [0, 0.05) is 12.7 Å². The van der Waals surface area contributed by atoms with Crippen molar-refractivity contribution >= 4 is 0 Å². The first-order valence-corrected chi connectivity index (χ1v) is 5.41. The van der Waals surface area contributed by atoms with E-state index < -0.39 is 0 Å². The summed E-state index contributed by atoms with van der Waals surface area (Å²) in [5.74, 6) is 0.542. The summed E-state index contributed by atoms with van der Waals surface area (Å²) in [6.07, 6.45) is 4.01. The van der Waals surface area contributed by atoms with Crippen molar-refractivity contribution in [3.05, 3.63) is 18.0 Å². The Balaban J connectivity index is 2.43. The van der Waals surface area contributed by atoms with Gasteiger partial charge < -0.3 is 10.5 Å². The van der Waals surface area contributed by atoms with Crippen molar-refractivity contribution in [3.63, 3.8) is 0 Å². The largest absolute Gasteiger partial charge is 0.463 e. The van der Waals surface area contributed by atoms with Crippen LogP contribution in [0.5, 0.6) is 6.01 Å². The molecule has 84 valence electrons. The number of hydrogen-bond donors (Lipinski definition) is 1. The second-order valence-electron chi connectivity index (χ2n) is 3.74. The maximum atomic E-state index is 5.49. The molecule has 0 fully saturated rings. The first kappa shape index (κ1) is 11.9. The van der Waals surface area contributed by atoms with Gasteiger partial charge in [0.25, 0.3) is 0 Å². The molecule has 1 rings (SSSR count). The Kier molecular flexibility index (Phi) is 5.04. The molecule has 0 aliphatic heterocycles. The minimum absolute atomic E-state index is 0.420. The molecule has 0 aliphatic carbocycles. The highest BCUT2D eigenvalue weighted by atomic mass is 16.5. The average molecular weight is 209 g/mol. The van der Waals surface area contributed by atoms with Gasteiger partial charge in [-0.2, -0.15) is 4.98 Å². The Morgan fingerprint density at radius 3 is 3.00 bits per heavy atom. The van der Waals surface area contributed by atoms with Crippen LogP contribution in [0.15, 0.2) is 12.3 Å². The minimum atomic E-state index is 0.420. The Morgan fingerprint density at radius 1 is 1.53 bits per heavy atom.